The Hall–Kier alpha value is -3.15. The van der Waals surface area contributed by atoms with Crippen molar-refractivity contribution in [2.24, 2.45) is 0 Å². The molecule has 0 radical (unpaired) electrons. The molecule has 6 heteroatoms. The highest BCUT2D eigenvalue weighted by molar-refractivity contribution is 5.99. The molecule has 0 bridgehead atoms. The van der Waals surface area contributed by atoms with E-state index in [0.717, 1.165) is 28.3 Å². The first-order valence-electron chi connectivity index (χ1n) is 7.79. The molecule has 0 atom stereocenters. The van der Waals surface area contributed by atoms with E-state index in [1.807, 2.05) is 60.1 Å². The fourth-order valence-corrected chi connectivity index (χ4v) is 3.00. The molecule has 0 saturated heterocycles. The van der Waals surface area contributed by atoms with Gasteiger partial charge in [0.15, 0.2) is 5.82 Å². The summed E-state index contributed by atoms with van der Waals surface area (Å²) in [5, 5.41) is 11.6. The molecule has 0 unspecified atom stereocenters. The lowest BCUT2D eigenvalue weighted by atomic mass is 10.1. The molecule has 1 N–H and O–H groups in total. The molecule has 3 aromatic rings. The lowest BCUT2D eigenvalue weighted by Gasteiger charge is -2.11. The molecule has 4 rings (SSSR count). The summed E-state index contributed by atoms with van der Waals surface area (Å²) in [5.74, 6) is 0.887. The first-order chi connectivity index (χ1) is 11.7. The Bertz CT molecular complexity index is 887. The molecule has 2 heterocycles. The number of fused-ring (bicyclic) bond motifs is 1. The summed E-state index contributed by atoms with van der Waals surface area (Å²) in [6.45, 7) is 1.16. The zero-order chi connectivity index (χ0) is 16.5. The van der Waals surface area contributed by atoms with Gasteiger partial charge in [-0.2, -0.15) is 0 Å². The highest BCUT2D eigenvalue weighted by Crippen LogP contribution is 2.28. The van der Waals surface area contributed by atoms with E-state index in [0.29, 0.717) is 13.1 Å². The molecule has 0 spiro atoms. The molecule has 0 saturated carbocycles. The van der Waals surface area contributed by atoms with Crippen LogP contribution >= 0.6 is 0 Å². The van der Waals surface area contributed by atoms with Crippen molar-refractivity contribution < 1.29 is 4.79 Å². The second kappa shape index (κ2) is 5.81. The highest BCUT2D eigenvalue weighted by Gasteiger charge is 2.26. The van der Waals surface area contributed by atoms with Gasteiger partial charge in [-0.3, -0.25) is 9.36 Å². The summed E-state index contributed by atoms with van der Waals surface area (Å²) in [4.78, 5) is 13.8. The molecular weight excluding hydrogens is 302 g/mol. The van der Waals surface area contributed by atoms with Gasteiger partial charge >= 0.3 is 0 Å². The largest absolute Gasteiger partial charge is 0.377 e. The van der Waals surface area contributed by atoms with Gasteiger partial charge in [0.05, 0.1) is 6.54 Å². The molecule has 1 aliphatic heterocycles. The lowest BCUT2D eigenvalue weighted by Crippen LogP contribution is -2.17. The molecule has 1 aromatic heterocycles. The Morgan fingerprint density at radius 1 is 1.12 bits per heavy atom. The fraction of sp³-hybridized carbons (Fsp3) is 0.167. The third kappa shape index (κ3) is 2.42. The van der Waals surface area contributed by atoms with Gasteiger partial charge in [-0.1, -0.05) is 24.3 Å². The zero-order valence-electron chi connectivity index (χ0n) is 13.3. The Labute approximate surface area is 139 Å². The van der Waals surface area contributed by atoms with E-state index < -0.39 is 0 Å². The monoisotopic (exact) mass is 319 g/mol. The average Bonchev–Trinajstić information content (AvgIpc) is 3.20. The van der Waals surface area contributed by atoms with Gasteiger partial charge in [-0.25, -0.2) is 0 Å². The van der Waals surface area contributed by atoms with Crippen LogP contribution in [0.5, 0.6) is 0 Å². The minimum atomic E-state index is 0.0705. The minimum Gasteiger partial charge on any atom is -0.377 e. The topological polar surface area (TPSA) is 63.0 Å². The maximum Gasteiger partial charge on any atom is 0.254 e. The number of para-hydroxylation sites is 1. The Morgan fingerprint density at radius 3 is 2.79 bits per heavy atom. The molecular formula is C18H17N5O. The summed E-state index contributed by atoms with van der Waals surface area (Å²) < 4.78 is 1.95. The lowest BCUT2D eigenvalue weighted by molar-refractivity contribution is 0.0816. The Morgan fingerprint density at radius 2 is 1.96 bits per heavy atom. The average molecular weight is 319 g/mol. The quantitative estimate of drug-likeness (QED) is 0.802. The molecule has 1 aliphatic rings. The van der Waals surface area contributed by atoms with Gasteiger partial charge < -0.3 is 10.2 Å². The smallest absolute Gasteiger partial charge is 0.254 e. The van der Waals surface area contributed by atoms with Crippen molar-refractivity contribution in [1.29, 1.82) is 0 Å². The number of anilines is 1. The van der Waals surface area contributed by atoms with E-state index in [1.54, 1.807) is 11.2 Å². The molecule has 24 heavy (non-hydrogen) atoms. The van der Waals surface area contributed by atoms with Crippen molar-refractivity contribution in [3.8, 4) is 5.69 Å². The van der Waals surface area contributed by atoms with Gasteiger partial charge in [0, 0.05) is 36.1 Å². The van der Waals surface area contributed by atoms with Crippen molar-refractivity contribution in [2.45, 2.75) is 13.1 Å². The van der Waals surface area contributed by atoms with Gasteiger partial charge in [0.1, 0.15) is 6.33 Å². The normalized spacial score (nSPS) is 13.2. The van der Waals surface area contributed by atoms with Crippen molar-refractivity contribution in [3.05, 3.63) is 71.8 Å². The van der Waals surface area contributed by atoms with Crippen LogP contribution in [0.15, 0.2) is 54.9 Å². The first kappa shape index (κ1) is 14.4. The third-order valence-corrected chi connectivity index (χ3v) is 4.24. The molecule has 6 nitrogen and oxygen atoms in total. The van der Waals surface area contributed by atoms with Crippen molar-refractivity contribution in [2.75, 3.05) is 12.4 Å². The summed E-state index contributed by atoms with van der Waals surface area (Å²) in [5.41, 5.74) is 3.79. The van der Waals surface area contributed by atoms with Gasteiger partial charge in [0.2, 0.25) is 0 Å². The van der Waals surface area contributed by atoms with Gasteiger partial charge in [0.25, 0.3) is 5.91 Å². The number of aromatic nitrogens is 3. The van der Waals surface area contributed by atoms with Crippen molar-refractivity contribution >= 4 is 11.6 Å². The van der Waals surface area contributed by atoms with Crippen LogP contribution in [0.1, 0.15) is 21.7 Å². The Kier molecular flexibility index (Phi) is 3.49. The van der Waals surface area contributed by atoms with E-state index >= 15 is 0 Å². The molecule has 0 fully saturated rings. The van der Waals surface area contributed by atoms with Crippen LogP contribution in [0.2, 0.25) is 0 Å². The number of rotatable bonds is 4. The number of amides is 1. The summed E-state index contributed by atoms with van der Waals surface area (Å²) in [6.07, 6.45) is 1.71. The van der Waals surface area contributed by atoms with Crippen LogP contribution in [0.4, 0.5) is 5.69 Å². The third-order valence-electron chi connectivity index (χ3n) is 4.24. The summed E-state index contributed by atoms with van der Waals surface area (Å²) >= 11 is 0. The molecule has 0 aliphatic carbocycles. The van der Waals surface area contributed by atoms with Gasteiger partial charge in [-0.15, -0.1) is 10.2 Å². The summed E-state index contributed by atoms with van der Waals surface area (Å²) in [6, 6.07) is 15.7. The number of carbonyl (C=O) groups excluding carboxylic acids is 1. The zero-order valence-corrected chi connectivity index (χ0v) is 13.3. The second-order valence-corrected chi connectivity index (χ2v) is 5.80. The highest BCUT2D eigenvalue weighted by atomic mass is 16.2. The maximum absolute atomic E-state index is 12.1. The van der Waals surface area contributed by atoms with Crippen LogP contribution in [0.25, 0.3) is 5.69 Å². The number of hydrogen-bond acceptors (Lipinski definition) is 4. The van der Waals surface area contributed by atoms with Gasteiger partial charge in [-0.05, 0) is 24.3 Å². The fourth-order valence-electron chi connectivity index (χ4n) is 3.00. The number of carbonyl (C=O) groups is 1. The van der Waals surface area contributed by atoms with Crippen molar-refractivity contribution in [3.63, 3.8) is 0 Å². The van der Waals surface area contributed by atoms with Crippen LogP contribution < -0.4 is 5.32 Å². The molecule has 2 aromatic carbocycles. The van der Waals surface area contributed by atoms with E-state index in [2.05, 4.69) is 15.5 Å². The Balaban J connectivity index is 1.58. The summed E-state index contributed by atoms with van der Waals surface area (Å²) in [7, 11) is 1.82. The number of nitrogens with zero attached hydrogens (tertiary/aromatic N) is 4. The molecule has 120 valence electrons. The predicted octanol–water partition coefficient (Wildman–Crippen LogP) is 2.47. The van der Waals surface area contributed by atoms with E-state index in [-0.39, 0.29) is 5.91 Å². The number of hydrogen-bond donors (Lipinski definition) is 1. The molecule has 1 amide bonds. The predicted molar refractivity (Wildman–Crippen MR) is 90.9 cm³/mol. The van der Waals surface area contributed by atoms with E-state index in [1.165, 1.54) is 0 Å². The van der Waals surface area contributed by atoms with E-state index in [9.17, 15) is 4.79 Å². The van der Waals surface area contributed by atoms with Crippen LogP contribution in [-0.2, 0) is 13.1 Å². The minimum absolute atomic E-state index is 0.0705. The van der Waals surface area contributed by atoms with Crippen molar-refractivity contribution in [1.82, 2.24) is 19.7 Å². The second-order valence-electron chi connectivity index (χ2n) is 5.80. The SMILES string of the molecule is CN1Cc2c(NCc3nncn3-c3ccccc3)cccc2C1=O. The standard InChI is InChI=1S/C18H17N5O/c1-22-11-15-14(18(22)24)8-5-9-16(15)19-10-17-21-20-12-23(17)13-6-3-2-4-7-13/h2-9,12,19H,10-11H2,1H3. The van der Waals surface area contributed by atoms with Crippen LogP contribution in [0, 0.1) is 0 Å². The van der Waals surface area contributed by atoms with E-state index in [4.69, 9.17) is 0 Å². The van der Waals surface area contributed by atoms with Crippen LogP contribution in [-0.4, -0.2) is 32.6 Å². The number of nitrogens with one attached hydrogen (secondary N) is 1. The van der Waals surface area contributed by atoms with Crippen LogP contribution in [0.3, 0.4) is 0 Å². The maximum atomic E-state index is 12.1. The first-order valence-corrected chi connectivity index (χ1v) is 7.79. The number of benzene rings is 2.